The molecule has 2 fully saturated rings. The SMILES string of the molecule is O=C(CC1(C(=O)O)CCCC1)N1CCC(O)CC1. The molecule has 1 heterocycles. The van der Waals surface area contributed by atoms with Crippen LogP contribution >= 0.6 is 0 Å². The van der Waals surface area contributed by atoms with Gasteiger partial charge in [-0.2, -0.15) is 0 Å². The van der Waals surface area contributed by atoms with Crippen molar-refractivity contribution in [2.24, 2.45) is 5.41 Å². The Kier molecular flexibility index (Phi) is 3.90. The van der Waals surface area contributed by atoms with Crippen molar-refractivity contribution >= 4 is 11.9 Å². The number of carboxylic acid groups (broad SMARTS) is 1. The van der Waals surface area contributed by atoms with Crippen molar-refractivity contribution in [2.45, 2.75) is 51.0 Å². The topological polar surface area (TPSA) is 77.8 Å². The van der Waals surface area contributed by atoms with E-state index in [9.17, 15) is 19.8 Å². The van der Waals surface area contributed by atoms with E-state index in [1.54, 1.807) is 4.90 Å². The summed E-state index contributed by atoms with van der Waals surface area (Å²) in [5.41, 5.74) is -0.826. The van der Waals surface area contributed by atoms with Gasteiger partial charge in [-0.25, -0.2) is 0 Å². The standard InChI is InChI=1S/C13H21NO4/c15-10-3-7-14(8-4-10)11(16)9-13(12(17)18)5-1-2-6-13/h10,15H,1-9H2,(H,17,18). The maximum absolute atomic E-state index is 12.2. The molecule has 0 radical (unpaired) electrons. The van der Waals surface area contributed by atoms with Gasteiger partial charge in [-0.1, -0.05) is 12.8 Å². The molecular weight excluding hydrogens is 234 g/mol. The largest absolute Gasteiger partial charge is 0.481 e. The zero-order valence-corrected chi connectivity index (χ0v) is 10.6. The van der Waals surface area contributed by atoms with Gasteiger partial charge < -0.3 is 15.1 Å². The summed E-state index contributed by atoms with van der Waals surface area (Å²) in [6.45, 7) is 1.10. The third kappa shape index (κ3) is 2.66. The predicted molar refractivity (Wildman–Crippen MR) is 65.0 cm³/mol. The first-order valence-electron chi connectivity index (χ1n) is 6.73. The van der Waals surface area contributed by atoms with Crippen molar-refractivity contribution in [1.29, 1.82) is 0 Å². The van der Waals surface area contributed by atoms with Crippen LogP contribution in [0.1, 0.15) is 44.9 Å². The quantitative estimate of drug-likeness (QED) is 0.788. The van der Waals surface area contributed by atoms with Gasteiger partial charge in [0.25, 0.3) is 0 Å². The Labute approximate surface area is 107 Å². The van der Waals surface area contributed by atoms with Crippen molar-refractivity contribution in [3.05, 3.63) is 0 Å². The fourth-order valence-electron chi connectivity index (χ4n) is 3.03. The Hall–Kier alpha value is -1.10. The molecule has 102 valence electrons. The maximum Gasteiger partial charge on any atom is 0.310 e. The Morgan fingerprint density at radius 3 is 2.22 bits per heavy atom. The van der Waals surface area contributed by atoms with E-state index in [2.05, 4.69) is 0 Å². The Bertz CT molecular complexity index is 328. The summed E-state index contributed by atoms with van der Waals surface area (Å²) in [5, 5.41) is 18.7. The van der Waals surface area contributed by atoms with Gasteiger partial charge in [0, 0.05) is 19.5 Å². The number of aliphatic carboxylic acids is 1. The number of rotatable bonds is 3. The molecule has 2 N–H and O–H groups in total. The number of hydrogen-bond acceptors (Lipinski definition) is 3. The molecule has 5 nitrogen and oxygen atoms in total. The number of amides is 1. The van der Waals surface area contributed by atoms with E-state index >= 15 is 0 Å². The third-order valence-electron chi connectivity index (χ3n) is 4.32. The summed E-state index contributed by atoms with van der Waals surface area (Å²) in [7, 11) is 0. The smallest absolute Gasteiger partial charge is 0.310 e. The second-order valence-electron chi connectivity index (χ2n) is 5.58. The summed E-state index contributed by atoms with van der Waals surface area (Å²) in [6, 6.07) is 0. The number of aliphatic hydroxyl groups is 1. The molecule has 1 aliphatic carbocycles. The van der Waals surface area contributed by atoms with E-state index in [-0.39, 0.29) is 18.4 Å². The minimum atomic E-state index is -0.828. The molecule has 0 unspecified atom stereocenters. The minimum Gasteiger partial charge on any atom is -0.481 e. The van der Waals surface area contributed by atoms with E-state index in [1.165, 1.54) is 0 Å². The van der Waals surface area contributed by atoms with Crippen molar-refractivity contribution < 1.29 is 19.8 Å². The summed E-state index contributed by atoms with van der Waals surface area (Å²) in [4.78, 5) is 25.2. The van der Waals surface area contributed by atoms with E-state index in [0.717, 1.165) is 12.8 Å². The molecule has 5 heteroatoms. The molecule has 1 saturated heterocycles. The van der Waals surface area contributed by atoms with Crippen LogP contribution in [0.25, 0.3) is 0 Å². The average molecular weight is 255 g/mol. The van der Waals surface area contributed by atoms with Crippen LogP contribution in [0.5, 0.6) is 0 Å². The van der Waals surface area contributed by atoms with Crippen LogP contribution < -0.4 is 0 Å². The lowest BCUT2D eigenvalue weighted by molar-refractivity contribution is -0.154. The highest BCUT2D eigenvalue weighted by molar-refractivity contribution is 5.85. The van der Waals surface area contributed by atoms with Crippen LogP contribution in [0.2, 0.25) is 0 Å². The first kappa shape index (κ1) is 13.3. The average Bonchev–Trinajstić information content (AvgIpc) is 2.79. The first-order valence-corrected chi connectivity index (χ1v) is 6.73. The molecule has 2 aliphatic rings. The van der Waals surface area contributed by atoms with Gasteiger partial charge in [-0.05, 0) is 25.7 Å². The predicted octanol–water partition coefficient (Wildman–Crippen LogP) is 1.00. The molecular formula is C13H21NO4. The summed E-state index contributed by atoms with van der Waals surface area (Å²) >= 11 is 0. The van der Waals surface area contributed by atoms with Gasteiger partial charge in [-0.15, -0.1) is 0 Å². The molecule has 1 saturated carbocycles. The maximum atomic E-state index is 12.2. The lowest BCUT2D eigenvalue weighted by Crippen LogP contribution is -2.43. The fourth-order valence-corrected chi connectivity index (χ4v) is 3.03. The molecule has 0 aromatic rings. The number of piperidine rings is 1. The van der Waals surface area contributed by atoms with Crippen molar-refractivity contribution in [3.63, 3.8) is 0 Å². The third-order valence-corrected chi connectivity index (χ3v) is 4.32. The Morgan fingerprint density at radius 2 is 1.72 bits per heavy atom. The molecule has 0 spiro atoms. The molecule has 1 amide bonds. The van der Waals surface area contributed by atoms with Crippen molar-refractivity contribution in [2.75, 3.05) is 13.1 Å². The Balaban J connectivity index is 1.95. The zero-order valence-electron chi connectivity index (χ0n) is 10.6. The van der Waals surface area contributed by atoms with Gasteiger partial charge >= 0.3 is 5.97 Å². The van der Waals surface area contributed by atoms with Crippen LogP contribution in [0, 0.1) is 5.41 Å². The highest BCUT2D eigenvalue weighted by Crippen LogP contribution is 2.41. The number of carbonyl (C=O) groups excluding carboxylic acids is 1. The van der Waals surface area contributed by atoms with Crippen LogP contribution in [0.15, 0.2) is 0 Å². The van der Waals surface area contributed by atoms with E-state index < -0.39 is 11.4 Å². The highest BCUT2D eigenvalue weighted by Gasteiger charge is 2.43. The first-order chi connectivity index (χ1) is 8.53. The second kappa shape index (κ2) is 5.26. The number of aliphatic hydroxyl groups excluding tert-OH is 1. The van der Waals surface area contributed by atoms with E-state index in [4.69, 9.17) is 0 Å². The summed E-state index contributed by atoms with van der Waals surface area (Å²) < 4.78 is 0. The number of likely N-dealkylation sites (tertiary alicyclic amines) is 1. The molecule has 1 aliphatic heterocycles. The number of hydrogen-bond donors (Lipinski definition) is 2. The molecule has 0 aromatic heterocycles. The van der Waals surface area contributed by atoms with Crippen molar-refractivity contribution in [3.8, 4) is 0 Å². The lowest BCUT2D eigenvalue weighted by atomic mass is 9.82. The molecule has 0 atom stereocenters. The van der Waals surface area contributed by atoms with Gasteiger partial charge in [-0.3, -0.25) is 9.59 Å². The molecule has 18 heavy (non-hydrogen) atoms. The number of carbonyl (C=O) groups is 2. The lowest BCUT2D eigenvalue weighted by Gasteiger charge is -2.32. The minimum absolute atomic E-state index is 0.0637. The fraction of sp³-hybridized carbons (Fsp3) is 0.846. The van der Waals surface area contributed by atoms with Crippen molar-refractivity contribution in [1.82, 2.24) is 4.90 Å². The van der Waals surface area contributed by atoms with Crippen LogP contribution in [-0.2, 0) is 9.59 Å². The van der Waals surface area contributed by atoms with Gasteiger partial charge in [0.2, 0.25) is 5.91 Å². The van der Waals surface area contributed by atoms with Gasteiger partial charge in [0.15, 0.2) is 0 Å². The van der Waals surface area contributed by atoms with E-state index in [1.807, 2.05) is 0 Å². The van der Waals surface area contributed by atoms with Gasteiger partial charge in [0.05, 0.1) is 11.5 Å². The zero-order chi connectivity index (χ0) is 13.2. The molecule has 0 aromatic carbocycles. The Morgan fingerprint density at radius 1 is 1.17 bits per heavy atom. The summed E-state index contributed by atoms with van der Waals surface area (Å²) in [5.74, 6) is -0.892. The normalized spacial score (nSPS) is 24.2. The molecule has 0 bridgehead atoms. The second-order valence-corrected chi connectivity index (χ2v) is 5.58. The molecule has 2 rings (SSSR count). The monoisotopic (exact) mass is 255 g/mol. The number of carboxylic acids is 1. The van der Waals surface area contributed by atoms with Crippen LogP contribution in [0.3, 0.4) is 0 Å². The van der Waals surface area contributed by atoms with E-state index in [0.29, 0.717) is 38.8 Å². The van der Waals surface area contributed by atoms with Gasteiger partial charge in [0.1, 0.15) is 0 Å². The highest BCUT2D eigenvalue weighted by atomic mass is 16.4. The number of nitrogens with zero attached hydrogens (tertiary/aromatic N) is 1. The summed E-state index contributed by atoms with van der Waals surface area (Å²) in [6.07, 6.45) is 4.05. The van der Waals surface area contributed by atoms with Crippen LogP contribution in [0.4, 0.5) is 0 Å². The van der Waals surface area contributed by atoms with Crippen LogP contribution in [-0.4, -0.2) is 46.2 Å².